The second-order valence-corrected chi connectivity index (χ2v) is 9.64. The van der Waals surface area contributed by atoms with Gasteiger partial charge in [-0.1, -0.05) is 28.4 Å². The summed E-state index contributed by atoms with van der Waals surface area (Å²) in [7, 11) is 0. The average Bonchev–Trinajstić information content (AvgIpc) is 3.44. The number of rotatable bonds is 1. The first kappa shape index (κ1) is 19.2. The molecule has 31 heavy (non-hydrogen) atoms. The Kier molecular flexibility index (Phi) is 3.64. The number of benzene rings is 1. The van der Waals surface area contributed by atoms with Gasteiger partial charge in [0.05, 0.1) is 28.1 Å². The molecule has 3 fully saturated rings. The molecule has 1 aromatic heterocycles. The minimum Gasteiger partial charge on any atom is -0.389 e. The third kappa shape index (κ3) is 2.19. The van der Waals surface area contributed by atoms with Gasteiger partial charge in [0.25, 0.3) is 5.91 Å². The van der Waals surface area contributed by atoms with E-state index in [-0.39, 0.29) is 23.8 Å². The summed E-state index contributed by atoms with van der Waals surface area (Å²) < 4.78 is 4.83. The minimum absolute atomic E-state index is 0.0682. The van der Waals surface area contributed by atoms with E-state index in [1.807, 2.05) is 0 Å². The summed E-state index contributed by atoms with van der Waals surface area (Å²) in [6.45, 7) is 1.77. The highest BCUT2D eigenvalue weighted by molar-refractivity contribution is 6.38. The Bertz CT molecular complexity index is 1180. The standard InChI is InChI=1S/C20H16Cl2N4O5/c1-19(30)6-11-13-14(17(28)26(16(13)27)12-2-3-31-24-12)20(25(11)7-19)9-4-8(21)5-10(22)15(9)23-18(20)29/h2-5,11,13-14,30H,6-7H2,1H3,(H,23,29)/t11?,13?,14?,19-,20?/m0/s1. The van der Waals surface area contributed by atoms with Crippen LogP contribution in [0.1, 0.15) is 18.9 Å². The van der Waals surface area contributed by atoms with Crippen molar-refractivity contribution < 1.29 is 24.0 Å². The number of aromatic nitrogens is 1. The van der Waals surface area contributed by atoms with Crippen molar-refractivity contribution in [2.45, 2.75) is 30.5 Å². The summed E-state index contributed by atoms with van der Waals surface area (Å²) in [5.74, 6) is -3.27. The minimum atomic E-state index is -1.52. The highest BCUT2D eigenvalue weighted by atomic mass is 35.5. The van der Waals surface area contributed by atoms with Crippen molar-refractivity contribution in [1.29, 1.82) is 0 Å². The summed E-state index contributed by atoms with van der Waals surface area (Å²) in [5, 5.41) is 17.9. The Morgan fingerprint density at radius 2 is 2.03 bits per heavy atom. The number of carbonyl (C=O) groups is 3. The molecule has 5 heterocycles. The van der Waals surface area contributed by atoms with Crippen molar-refractivity contribution in [3.05, 3.63) is 40.1 Å². The van der Waals surface area contributed by atoms with Crippen LogP contribution in [0, 0.1) is 11.8 Å². The van der Waals surface area contributed by atoms with Gasteiger partial charge in [-0.25, -0.2) is 4.90 Å². The second-order valence-electron chi connectivity index (χ2n) is 8.80. The molecular weight excluding hydrogens is 447 g/mol. The number of imide groups is 1. The van der Waals surface area contributed by atoms with E-state index in [9.17, 15) is 19.5 Å². The molecule has 4 unspecified atom stereocenters. The topological polar surface area (TPSA) is 116 Å². The fourth-order valence-electron chi connectivity index (χ4n) is 5.99. The number of fused-ring (bicyclic) bond motifs is 7. The van der Waals surface area contributed by atoms with Crippen LogP contribution >= 0.6 is 23.2 Å². The van der Waals surface area contributed by atoms with Crippen LogP contribution in [0.5, 0.6) is 0 Å². The molecule has 0 aliphatic carbocycles. The Hall–Kier alpha value is -2.46. The van der Waals surface area contributed by atoms with Crippen LogP contribution in [0.4, 0.5) is 11.5 Å². The second kappa shape index (κ2) is 5.86. The van der Waals surface area contributed by atoms with Gasteiger partial charge in [0.2, 0.25) is 11.8 Å². The fraction of sp³-hybridized carbons (Fsp3) is 0.400. The molecule has 160 valence electrons. The summed E-state index contributed by atoms with van der Waals surface area (Å²) in [4.78, 5) is 43.5. The Morgan fingerprint density at radius 1 is 1.26 bits per heavy atom. The molecule has 9 nitrogen and oxygen atoms in total. The van der Waals surface area contributed by atoms with Crippen molar-refractivity contribution in [2.75, 3.05) is 16.8 Å². The average molecular weight is 463 g/mol. The van der Waals surface area contributed by atoms with Gasteiger partial charge in [0.15, 0.2) is 5.82 Å². The number of hydrogen-bond donors (Lipinski definition) is 2. The molecule has 1 aromatic carbocycles. The molecule has 1 spiro atoms. The molecular formula is C20H16Cl2N4O5. The molecule has 0 saturated carbocycles. The maximum Gasteiger partial charge on any atom is 0.250 e. The first-order valence-electron chi connectivity index (χ1n) is 9.75. The zero-order valence-electron chi connectivity index (χ0n) is 16.1. The van der Waals surface area contributed by atoms with Gasteiger partial charge in [-0.3, -0.25) is 19.3 Å². The first-order chi connectivity index (χ1) is 14.7. The van der Waals surface area contributed by atoms with Crippen molar-refractivity contribution in [2.24, 2.45) is 11.8 Å². The predicted molar refractivity (Wildman–Crippen MR) is 108 cm³/mol. The zero-order valence-corrected chi connectivity index (χ0v) is 17.6. The summed E-state index contributed by atoms with van der Waals surface area (Å²) in [6, 6.07) is 4.00. The number of nitrogens with one attached hydrogen (secondary N) is 1. The van der Waals surface area contributed by atoms with Crippen LogP contribution in [0.3, 0.4) is 0 Å². The number of nitrogens with zero attached hydrogens (tertiary/aromatic N) is 3. The van der Waals surface area contributed by atoms with Crippen LogP contribution in [-0.2, 0) is 19.9 Å². The van der Waals surface area contributed by atoms with Gasteiger partial charge in [0, 0.05) is 29.2 Å². The molecule has 3 saturated heterocycles. The van der Waals surface area contributed by atoms with E-state index in [0.29, 0.717) is 16.3 Å². The number of halogens is 2. The lowest BCUT2D eigenvalue weighted by molar-refractivity contribution is -0.136. The normalized spacial score (nSPS) is 36.3. The van der Waals surface area contributed by atoms with Gasteiger partial charge in [-0.2, -0.15) is 0 Å². The van der Waals surface area contributed by atoms with E-state index in [1.54, 1.807) is 17.9 Å². The number of hydrogen-bond acceptors (Lipinski definition) is 7. The lowest BCUT2D eigenvalue weighted by atomic mass is 9.74. The van der Waals surface area contributed by atoms with Gasteiger partial charge in [-0.15, -0.1) is 0 Å². The van der Waals surface area contributed by atoms with Crippen molar-refractivity contribution in [3.63, 3.8) is 0 Å². The Labute approximate surface area is 185 Å². The maximum absolute atomic E-state index is 13.7. The monoisotopic (exact) mass is 462 g/mol. The van der Waals surface area contributed by atoms with Crippen molar-refractivity contribution >= 4 is 52.4 Å². The largest absolute Gasteiger partial charge is 0.389 e. The third-order valence-corrected chi connectivity index (χ3v) is 7.45. The molecule has 2 N–H and O–H groups in total. The lowest BCUT2D eigenvalue weighted by Crippen LogP contribution is -2.55. The number of anilines is 2. The summed E-state index contributed by atoms with van der Waals surface area (Å²) >= 11 is 12.6. The highest BCUT2D eigenvalue weighted by Crippen LogP contribution is 2.62. The number of aliphatic hydroxyl groups is 1. The fourth-order valence-corrected chi connectivity index (χ4v) is 6.53. The smallest absolute Gasteiger partial charge is 0.250 e. The van der Waals surface area contributed by atoms with E-state index in [0.717, 1.165) is 4.90 Å². The van der Waals surface area contributed by atoms with E-state index in [2.05, 4.69) is 10.5 Å². The molecule has 6 rings (SSSR count). The zero-order chi connectivity index (χ0) is 21.9. The quantitative estimate of drug-likeness (QED) is 0.620. The molecule has 2 aromatic rings. The van der Waals surface area contributed by atoms with Crippen molar-refractivity contribution in [3.8, 4) is 0 Å². The van der Waals surface area contributed by atoms with E-state index in [1.165, 1.54) is 18.4 Å². The third-order valence-electron chi connectivity index (χ3n) is 6.93. The van der Waals surface area contributed by atoms with Gasteiger partial charge in [0.1, 0.15) is 11.8 Å². The molecule has 4 aliphatic heterocycles. The van der Waals surface area contributed by atoms with Crippen LogP contribution in [0.25, 0.3) is 0 Å². The number of carbonyl (C=O) groups excluding carboxylic acids is 3. The van der Waals surface area contributed by atoms with E-state index in [4.69, 9.17) is 27.7 Å². The van der Waals surface area contributed by atoms with Crippen LogP contribution in [0.15, 0.2) is 29.0 Å². The molecule has 11 heteroatoms. The molecule has 0 bridgehead atoms. The van der Waals surface area contributed by atoms with Gasteiger partial charge >= 0.3 is 0 Å². The first-order valence-corrected chi connectivity index (χ1v) is 10.5. The van der Waals surface area contributed by atoms with Crippen molar-refractivity contribution in [1.82, 2.24) is 10.1 Å². The van der Waals surface area contributed by atoms with Crippen LogP contribution in [0.2, 0.25) is 10.0 Å². The van der Waals surface area contributed by atoms with E-state index < -0.39 is 46.7 Å². The highest BCUT2D eigenvalue weighted by Gasteiger charge is 2.76. The summed E-state index contributed by atoms with van der Waals surface area (Å²) in [5.41, 5.74) is -1.86. The lowest BCUT2D eigenvalue weighted by Gasteiger charge is -2.37. The Morgan fingerprint density at radius 3 is 2.74 bits per heavy atom. The maximum atomic E-state index is 13.7. The molecule has 3 amide bonds. The Balaban J connectivity index is 1.62. The molecule has 0 radical (unpaired) electrons. The van der Waals surface area contributed by atoms with Gasteiger partial charge < -0.3 is 14.9 Å². The molecule has 5 atom stereocenters. The van der Waals surface area contributed by atoms with Crippen LogP contribution < -0.4 is 10.2 Å². The van der Waals surface area contributed by atoms with Gasteiger partial charge in [-0.05, 0) is 25.5 Å². The SMILES string of the molecule is C[C@]1(O)CC2C3C(=O)N(c4ccon4)C(=O)C3C3(C(=O)Nc4c(Cl)cc(Cl)cc43)N2C1. The predicted octanol–water partition coefficient (Wildman–Crippen LogP) is 1.77. The number of amides is 3. The van der Waals surface area contributed by atoms with Crippen LogP contribution in [-0.4, -0.2) is 51.1 Å². The summed E-state index contributed by atoms with van der Waals surface area (Å²) in [6.07, 6.45) is 1.50. The molecule has 4 aliphatic rings. The van der Waals surface area contributed by atoms with E-state index >= 15 is 0 Å².